The van der Waals surface area contributed by atoms with Gasteiger partial charge in [0.2, 0.25) is 0 Å². The summed E-state index contributed by atoms with van der Waals surface area (Å²) >= 11 is 0. The lowest BCUT2D eigenvalue weighted by Crippen LogP contribution is -2.10. The highest BCUT2D eigenvalue weighted by Crippen LogP contribution is 2.24. The molecule has 0 unspecified atom stereocenters. The van der Waals surface area contributed by atoms with E-state index in [0.29, 0.717) is 5.92 Å². The summed E-state index contributed by atoms with van der Waals surface area (Å²) in [6, 6.07) is 8.37. The summed E-state index contributed by atoms with van der Waals surface area (Å²) in [6.07, 6.45) is 1.97. The number of rotatable bonds is 4. The van der Waals surface area contributed by atoms with Gasteiger partial charge in [-0.1, -0.05) is 32.0 Å². The van der Waals surface area contributed by atoms with Crippen molar-refractivity contribution in [2.45, 2.75) is 33.2 Å². The van der Waals surface area contributed by atoms with Crippen LogP contribution in [0, 0.1) is 6.92 Å². The number of para-hydroxylation sites is 1. The lowest BCUT2D eigenvalue weighted by Gasteiger charge is -2.14. The van der Waals surface area contributed by atoms with E-state index >= 15 is 0 Å². The molecule has 0 amide bonds. The predicted octanol–water partition coefficient (Wildman–Crippen LogP) is 3.02. The maximum Gasteiger partial charge on any atom is 0.0678 e. The number of nitrogens with zero attached hydrogens (tertiary/aromatic N) is 2. The minimum absolute atomic E-state index is 0.454. The summed E-state index contributed by atoms with van der Waals surface area (Å²) in [7, 11) is 1.97. The number of nitrogens with one attached hydrogen (secondary N) is 1. The molecule has 3 nitrogen and oxygen atoms in total. The molecule has 0 fully saturated rings. The molecule has 1 heterocycles. The Morgan fingerprint density at radius 2 is 2.00 bits per heavy atom. The number of hydrogen-bond acceptors (Lipinski definition) is 2. The van der Waals surface area contributed by atoms with E-state index in [0.717, 1.165) is 6.54 Å². The Labute approximate surface area is 109 Å². The molecule has 18 heavy (non-hydrogen) atoms. The van der Waals surface area contributed by atoms with Crippen LogP contribution in [0.15, 0.2) is 30.5 Å². The van der Waals surface area contributed by atoms with E-state index in [1.807, 2.05) is 13.2 Å². The van der Waals surface area contributed by atoms with Gasteiger partial charge in [-0.25, -0.2) is 4.68 Å². The summed E-state index contributed by atoms with van der Waals surface area (Å²) < 4.78 is 2.08. The number of hydrogen-bond donors (Lipinski definition) is 1. The van der Waals surface area contributed by atoms with Crippen LogP contribution in [0.4, 0.5) is 0 Å². The van der Waals surface area contributed by atoms with Crippen LogP contribution < -0.4 is 5.32 Å². The largest absolute Gasteiger partial charge is 0.316 e. The van der Waals surface area contributed by atoms with Crippen LogP contribution in [0.5, 0.6) is 0 Å². The average molecular weight is 243 g/mol. The molecule has 0 saturated heterocycles. The van der Waals surface area contributed by atoms with Crippen molar-refractivity contribution < 1.29 is 0 Å². The van der Waals surface area contributed by atoms with Gasteiger partial charge in [0.25, 0.3) is 0 Å². The molecule has 0 aliphatic rings. The van der Waals surface area contributed by atoms with Crippen LogP contribution in [0.2, 0.25) is 0 Å². The Kier molecular flexibility index (Phi) is 3.82. The Morgan fingerprint density at radius 1 is 1.28 bits per heavy atom. The van der Waals surface area contributed by atoms with Gasteiger partial charge in [-0.15, -0.1) is 0 Å². The molecule has 96 valence electrons. The highest BCUT2D eigenvalue weighted by Gasteiger charge is 2.15. The van der Waals surface area contributed by atoms with Crippen molar-refractivity contribution in [3.05, 3.63) is 47.3 Å². The van der Waals surface area contributed by atoms with E-state index in [1.54, 1.807) is 0 Å². The molecule has 2 aromatic rings. The first kappa shape index (κ1) is 12.8. The van der Waals surface area contributed by atoms with Crippen LogP contribution in [0.3, 0.4) is 0 Å². The third-order valence-corrected chi connectivity index (χ3v) is 3.14. The zero-order valence-corrected chi connectivity index (χ0v) is 11.6. The van der Waals surface area contributed by atoms with Gasteiger partial charge in [0.15, 0.2) is 0 Å². The van der Waals surface area contributed by atoms with Crippen molar-refractivity contribution in [3.8, 4) is 5.69 Å². The monoisotopic (exact) mass is 243 g/mol. The molecule has 0 aliphatic heterocycles. The third-order valence-electron chi connectivity index (χ3n) is 3.14. The van der Waals surface area contributed by atoms with Crippen molar-refractivity contribution in [3.63, 3.8) is 0 Å². The van der Waals surface area contributed by atoms with Gasteiger partial charge in [-0.05, 0) is 31.5 Å². The molecule has 0 atom stereocenters. The van der Waals surface area contributed by atoms with E-state index in [2.05, 4.69) is 60.1 Å². The molecule has 0 aliphatic carbocycles. The third kappa shape index (κ3) is 2.31. The summed E-state index contributed by atoms with van der Waals surface area (Å²) in [6.45, 7) is 7.41. The molecule has 3 heteroatoms. The first-order chi connectivity index (χ1) is 8.65. The van der Waals surface area contributed by atoms with E-state index in [4.69, 9.17) is 0 Å². The molecule has 1 aromatic carbocycles. The van der Waals surface area contributed by atoms with Crippen LogP contribution in [0.25, 0.3) is 5.69 Å². The second-order valence-electron chi connectivity index (χ2n) is 4.94. The second kappa shape index (κ2) is 5.36. The molecule has 0 bridgehead atoms. The molecule has 0 radical (unpaired) electrons. The smallest absolute Gasteiger partial charge is 0.0678 e. The van der Waals surface area contributed by atoms with Crippen LogP contribution in [-0.2, 0) is 6.54 Å². The fourth-order valence-electron chi connectivity index (χ4n) is 2.33. The van der Waals surface area contributed by atoms with Crippen molar-refractivity contribution >= 4 is 0 Å². The van der Waals surface area contributed by atoms with Crippen molar-refractivity contribution in [2.75, 3.05) is 7.05 Å². The second-order valence-corrected chi connectivity index (χ2v) is 4.94. The van der Waals surface area contributed by atoms with Crippen molar-refractivity contribution in [1.29, 1.82) is 0 Å². The zero-order chi connectivity index (χ0) is 13.1. The fraction of sp³-hybridized carbons (Fsp3) is 0.400. The van der Waals surface area contributed by atoms with Gasteiger partial charge in [0.05, 0.1) is 17.6 Å². The van der Waals surface area contributed by atoms with Crippen LogP contribution >= 0.6 is 0 Å². The van der Waals surface area contributed by atoms with Gasteiger partial charge in [-0.3, -0.25) is 0 Å². The van der Waals surface area contributed by atoms with Crippen LogP contribution in [0.1, 0.15) is 36.6 Å². The summed E-state index contributed by atoms with van der Waals surface area (Å²) in [4.78, 5) is 0. The van der Waals surface area contributed by atoms with Crippen molar-refractivity contribution in [2.24, 2.45) is 0 Å². The maximum atomic E-state index is 4.56. The highest BCUT2D eigenvalue weighted by molar-refractivity contribution is 5.42. The van der Waals surface area contributed by atoms with Gasteiger partial charge in [-0.2, -0.15) is 5.10 Å². The topological polar surface area (TPSA) is 29.9 Å². The summed E-state index contributed by atoms with van der Waals surface area (Å²) in [5.41, 5.74) is 4.98. The predicted molar refractivity (Wildman–Crippen MR) is 75.2 cm³/mol. The molecular weight excluding hydrogens is 222 g/mol. The standard InChI is InChI=1S/C15H21N3/c1-11(2)15-13(9-16-4)10-17-18(15)14-8-6-5-7-12(14)3/h5-8,10-11,16H,9H2,1-4H3. The molecule has 1 N–H and O–H groups in total. The lowest BCUT2D eigenvalue weighted by atomic mass is 10.1. The van der Waals surface area contributed by atoms with E-state index in [-0.39, 0.29) is 0 Å². The number of aromatic nitrogens is 2. The first-order valence-electron chi connectivity index (χ1n) is 6.42. The SMILES string of the molecule is CNCc1cnn(-c2ccccc2C)c1C(C)C. The summed E-state index contributed by atoms with van der Waals surface area (Å²) in [5, 5.41) is 7.77. The molecule has 0 spiro atoms. The Bertz CT molecular complexity index is 526. The number of aryl methyl sites for hydroxylation is 1. The average Bonchev–Trinajstić information content (AvgIpc) is 2.74. The first-order valence-corrected chi connectivity index (χ1v) is 6.42. The van der Waals surface area contributed by atoms with E-state index < -0.39 is 0 Å². The van der Waals surface area contributed by atoms with Crippen molar-refractivity contribution in [1.82, 2.24) is 15.1 Å². The normalized spacial score (nSPS) is 11.2. The molecule has 1 aromatic heterocycles. The van der Waals surface area contributed by atoms with Crippen LogP contribution in [-0.4, -0.2) is 16.8 Å². The number of benzene rings is 1. The fourth-order valence-corrected chi connectivity index (χ4v) is 2.33. The molecular formula is C15H21N3. The van der Waals surface area contributed by atoms with Gasteiger partial charge < -0.3 is 5.32 Å². The van der Waals surface area contributed by atoms with Gasteiger partial charge >= 0.3 is 0 Å². The van der Waals surface area contributed by atoms with E-state index in [9.17, 15) is 0 Å². The summed E-state index contributed by atoms with van der Waals surface area (Å²) in [5.74, 6) is 0.454. The quantitative estimate of drug-likeness (QED) is 0.894. The van der Waals surface area contributed by atoms with Gasteiger partial charge in [0.1, 0.15) is 0 Å². The molecule has 2 rings (SSSR count). The van der Waals surface area contributed by atoms with Gasteiger partial charge in [0, 0.05) is 12.1 Å². The highest BCUT2D eigenvalue weighted by atomic mass is 15.3. The van der Waals surface area contributed by atoms with E-state index in [1.165, 1.54) is 22.5 Å². The Hall–Kier alpha value is -1.61. The lowest BCUT2D eigenvalue weighted by molar-refractivity contribution is 0.711. The Balaban J connectivity index is 2.55. The molecule has 0 saturated carbocycles. The Morgan fingerprint density at radius 3 is 2.61 bits per heavy atom. The minimum Gasteiger partial charge on any atom is -0.316 e. The zero-order valence-electron chi connectivity index (χ0n) is 11.6. The minimum atomic E-state index is 0.454. The maximum absolute atomic E-state index is 4.56.